The number of hydrogen-bond donors (Lipinski definition) is 2. The molecule has 0 spiro atoms. The molecule has 1 aliphatic rings. The molecule has 1 atom stereocenters. The van der Waals surface area contributed by atoms with Gasteiger partial charge in [-0.3, -0.25) is 4.98 Å². The first-order valence-electron chi connectivity index (χ1n) is 11.6. The van der Waals surface area contributed by atoms with Crippen molar-refractivity contribution in [2.75, 3.05) is 23.7 Å². The maximum atomic E-state index is 14.0. The number of fused-ring (bicyclic) bond motifs is 1. The number of hydrogen-bond acceptors (Lipinski definition) is 7. The van der Waals surface area contributed by atoms with E-state index in [0.29, 0.717) is 47.5 Å². The number of nitrogens with zero attached hydrogens (tertiary/aromatic N) is 6. The van der Waals surface area contributed by atoms with Gasteiger partial charge in [0, 0.05) is 24.2 Å². The van der Waals surface area contributed by atoms with Gasteiger partial charge < -0.3 is 20.9 Å². The number of nitrogens with two attached hydrogens (primary N) is 2. The Morgan fingerprint density at radius 3 is 2.65 bits per heavy atom. The highest BCUT2D eigenvalue weighted by Crippen LogP contribution is 2.34. The summed E-state index contributed by atoms with van der Waals surface area (Å²) in [7, 11) is 0. The molecule has 3 aromatic heterocycles. The average molecular weight is 513 g/mol. The van der Waals surface area contributed by atoms with Gasteiger partial charge in [-0.15, -0.1) is 0 Å². The van der Waals surface area contributed by atoms with Crippen molar-refractivity contribution in [2.45, 2.75) is 31.8 Å². The van der Waals surface area contributed by atoms with E-state index in [0.717, 1.165) is 17.7 Å². The van der Waals surface area contributed by atoms with Crippen LogP contribution >= 0.6 is 0 Å². The summed E-state index contributed by atoms with van der Waals surface area (Å²) in [4.78, 5) is 19.0. The molecule has 5 rings (SSSR count). The van der Waals surface area contributed by atoms with Gasteiger partial charge in [-0.1, -0.05) is 0 Å². The lowest BCUT2D eigenvalue weighted by Gasteiger charge is -2.42. The Hall–Kier alpha value is -4.06. The molecular weight excluding hydrogens is 488 g/mol. The smallest absolute Gasteiger partial charge is 0.271 e. The molecule has 12 heteroatoms. The number of benzene rings is 1. The second-order valence-electron chi connectivity index (χ2n) is 9.20. The molecule has 1 fully saturated rings. The lowest BCUT2D eigenvalue weighted by atomic mass is 9.83. The lowest BCUT2D eigenvalue weighted by molar-refractivity contribution is 0.345. The normalized spacial score (nSPS) is 17.8. The molecular formula is C25H24F4N8. The van der Waals surface area contributed by atoms with E-state index in [-0.39, 0.29) is 24.5 Å². The van der Waals surface area contributed by atoms with Gasteiger partial charge in [0.15, 0.2) is 23.1 Å². The predicted molar refractivity (Wildman–Crippen MR) is 132 cm³/mol. The predicted octanol–water partition coefficient (Wildman–Crippen LogP) is 4.27. The van der Waals surface area contributed by atoms with Crippen molar-refractivity contribution >= 4 is 22.7 Å². The Labute approximate surface area is 209 Å². The summed E-state index contributed by atoms with van der Waals surface area (Å²) in [5, 5.41) is 0. The monoisotopic (exact) mass is 512 g/mol. The Bertz CT molecular complexity index is 1510. The molecule has 4 heterocycles. The Balaban J connectivity index is 1.59. The molecule has 8 nitrogen and oxygen atoms in total. The molecule has 4 aromatic rings. The standard InChI is InChI=1S/C25H24F4N8/c1-14(22(28)29)25(31)5-2-6-36(11-25)20-9-32-19(15-3-4-17(26)18(27)7-15)8-16(20)10-37-13-35-21-23(30)33-12-34-24(21)37/h3-4,7-9,12-13H,2,5-6,10-11,31H2,1H3,(H2,30,33,34)/t25-/m1/s1. The minimum Gasteiger partial charge on any atom is -0.382 e. The minimum atomic E-state index is -1.78. The fourth-order valence-corrected chi connectivity index (χ4v) is 4.70. The summed E-state index contributed by atoms with van der Waals surface area (Å²) >= 11 is 0. The molecule has 1 aliphatic heterocycles. The van der Waals surface area contributed by atoms with Gasteiger partial charge in [-0.05, 0) is 49.6 Å². The number of imidazole rings is 1. The van der Waals surface area contributed by atoms with E-state index >= 15 is 0 Å². The molecule has 1 saturated heterocycles. The van der Waals surface area contributed by atoms with E-state index < -0.39 is 23.3 Å². The van der Waals surface area contributed by atoms with Crippen LogP contribution in [0.3, 0.4) is 0 Å². The highest BCUT2D eigenvalue weighted by Gasteiger charge is 2.36. The fraction of sp³-hybridized carbons (Fsp3) is 0.280. The van der Waals surface area contributed by atoms with Gasteiger partial charge in [-0.25, -0.2) is 23.7 Å². The summed E-state index contributed by atoms with van der Waals surface area (Å²) in [6.45, 7) is 2.36. The van der Waals surface area contributed by atoms with E-state index in [1.54, 1.807) is 23.2 Å². The van der Waals surface area contributed by atoms with Crippen molar-refractivity contribution in [1.82, 2.24) is 24.5 Å². The lowest BCUT2D eigenvalue weighted by Crippen LogP contribution is -2.55. The Morgan fingerprint density at radius 1 is 1.08 bits per heavy atom. The second kappa shape index (κ2) is 9.43. The quantitative estimate of drug-likeness (QED) is 0.384. The first kappa shape index (κ1) is 24.6. The van der Waals surface area contributed by atoms with Crippen molar-refractivity contribution in [1.29, 1.82) is 0 Å². The van der Waals surface area contributed by atoms with Gasteiger partial charge in [0.25, 0.3) is 6.08 Å². The average Bonchev–Trinajstić information content (AvgIpc) is 3.29. The molecule has 0 bridgehead atoms. The summed E-state index contributed by atoms with van der Waals surface area (Å²) in [5.41, 5.74) is 14.2. The van der Waals surface area contributed by atoms with Crippen LogP contribution in [-0.4, -0.2) is 43.1 Å². The Kier molecular flexibility index (Phi) is 6.28. The van der Waals surface area contributed by atoms with E-state index in [2.05, 4.69) is 19.9 Å². The van der Waals surface area contributed by atoms with Gasteiger partial charge in [0.2, 0.25) is 0 Å². The zero-order valence-corrected chi connectivity index (χ0v) is 19.9. The summed E-state index contributed by atoms with van der Waals surface area (Å²) < 4.78 is 56.2. The van der Waals surface area contributed by atoms with Crippen LogP contribution in [0.2, 0.25) is 0 Å². The van der Waals surface area contributed by atoms with Crippen molar-refractivity contribution in [2.24, 2.45) is 5.73 Å². The van der Waals surface area contributed by atoms with Crippen LogP contribution in [0.4, 0.5) is 29.1 Å². The molecule has 192 valence electrons. The first-order valence-corrected chi connectivity index (χ1v) is 11.6. The van der Waals surface area contributed by atoms with Crippen molar-refractivity contribution in [3.05, 3.63) is 72.0 Å². The SMILES string of the molecule is CC(=C(F)F)[C@@]1(N)CCCN(c2cnc(-c3ccc(F)c(F)c3)cc2Cn2cnc3c(N)ncnc32)C1. The molecule has 0 unspecified atom stereocenters. The molecule has 37 heavy (non-hydrogen) atoms. The maximum Gasteiger partial charge on any atom is 0.271 e. The van der Waals surface area contributed by atoms with Crippen LogP contribution in [0.5, 0.6) is 0 Å². The van der Waals surface area contributed by atoms with Crippen LogP contribution in [0, 0.1) is 11.6 Å². The van der Waals surface area contributed by atoms with Crippen LogP contribution in [0.1, 0.15) is 25.3 Å². The van der Waals surface area contributed by atoms with Crippen LogP contribution < -0.4 is 16.4 Å². The third-order valence-electron chi connectivity index (χ3n) is 6.85. The molecule has 0 radical (unpaired) electrons. The molecule has 4 N–H and O–H groups in total. The van der Waals surface area contributed by atoms with E-state index in [9.17, 15) is 17.6 Å². The molecule has 0 aliphatic carbocycles. The largest absolute Gasteiger partial charge is 0.382 e. The van der Waals surface area contributed by atoms with Gasteiger partial charge >= 0.3 is 0 Å². The maximum absolute atomic E-state index is 14.0. The van der Waals surface area contributed by atoms with Gasteiger partial charge in [0.1, 0.15) is 11.8 Å². The summed E-state index contributed by atoms with van der Waals surface area (Å²) in [6, 6.07) is 5.31. The number of halogens is 4. The van der Waals surface area contributed by atoms with E-state index in [4.69, 9.17) is 11.5 Å². The van der Waals surface area contributed by atoms with Gasteiger partial charge in [0.05, 0.1) is 36.0 Å². The highest BCUT2D eigenvalue weighted by atomic mass is 19.3. The first-order chi connectivity index (χ1) is 17.7. The van der Waals surface area contributed by atoms with E-state index in [1.807, 2.05) is 4.90 Å². The zero-order chi connectivity index (χ0) is 26.3. The molecule has 0 amide bonds. The number of aromatic nitrogens is 5. The third kappa shape index (κ3) is 4.59. The van der Waals surface area contributed by atoms with Crippen LogP contribution in [0.15, 0.2) is 54.8 Å². The number of rotatable bonds is 5. The highest BCUT2D eigenvalue weighted by molar-refractivity contribution is 5.81. The summed E-state index contributed by atoms with van der Waals surface area (Å²) in [6.07, 6.45) is 3.76. The van der Waals surface area contributed by atoms with Crippen LogP contribution in [-0.2, 0) is 6.54 Å². The zero-order valence-electron chi connectivity index (χ0n) is 19.9. The van der Waals surface area contributed by atoms with Gasteiger partial charge in [-0.2, -0.15) is 8.78 Å². The number of pyridine rings is 1. The number of nitrogen functional groups attached to an aromatic ring is 1. The Morgan fingerprint density at radius 2 is 1.89 bits per heavy atom. The van der Waals surface area contributed by atoms with Crippen LogP contribution in [0.25, 0.3) is 22.4 Å². The molecule has 0 saturated carbocycles. The van der Waals surface area contributed by atoms with Crippen molar-refractivity contribution < 1.29 is 17.6 Å². The van der Waals surface area contributed by atoms with E-state index in [1.165, 1.54) is 19.3 Å². The number of piperidine rings is 1. The topological polar surface area (TPSA) is 112 Å². The minimum absolute atomic E-state index is 0.141. The fourth-order valence-electron chi connectivity index (χ4n) is 4.70. The summed E-state index contributed by atoms with van der Waals surface area (Å²) in [5.74, 6) is -1.71. The van der Waals surface area contributed by atoms with Crippen molar-refractivity contribution in [3.8, 4) is 11.3 Å². The third-order valence-corrected chi connectivity index (χ3v) is 6.85. The van der Waals surface area contributed by atoms with Crippen molar-refractivity contribution in [3.63, 3.8) is 0 Å². The second-order valence-corrected chi connectivity index (χ2v) is 9.20. The molecule has 1 aromatic carbocycles. The number of anilines is 2.